The van der Waals surface area contributed by atoms with E-state index in [0.29, 0.717) is 16.8 Å². The van der Waals surface area contributed by atoms with Crippen molar-refractivity contribution in [2.75, 3.05) is 26.1 Å². The summed E-state index contributed by atoms with van der Waals surface area (Å²) in [6, 6.07) is 11.4. The fourth-order valence-electron chi connectivity index (χ4n) is 3.44. The van der Waals surface area contributed by atoms with Gasteiger partial charge >= 0.3 is 0 Å². The van der Waals surface area contributed by atoms with Crippen LogP contribution in [0.3, 0.4) is 0 Å². The maximum atomic E-state index is 14.5. The van der Waals surface area contributed by atoms with Crippen molar-refractivity contribution in [2.45, 2.75) is 12.6 Å². The monoisotopic (exact) mass is 530 g/mol. The number of anilines is 1. The Balaban J connectivity index is 1.74. The lowest BCUT2D eigenvalue weighted by atomic mass is 10.1. The fourth-order valence-corrected chi connectivity index (χ4v) is 3.44. The molecule has 0 heterocycles. The molecule has 1 unspecified atom stereocenters. The summed E-state index contributed by atoms with van der Waals surface area (Å²) in [4.78, 5) is 25.1. The molecule has 0 fully saturated rings. The summed E-state index contributed by atoms with van der Waals surface area (Å²) >= 11 is 0. The van der Waals surface area contributed by atoms with Gasteiger partial charge in [-0.2, -0.15) is 0 Å². The van der Waals surface area contributed by atoms with Crippen LogP contribution in [0.25, 0.3) is 0 Å². The van der Waals surface area contributed by atoms with Crippen LogP contribution >= 0.6 is 0 Å². The van der Waals surface area contributed by atoms with Crippen LogP contribution in [0.4, 0.5) is 18.9 Å². The third-order valence-corrected chi connectivity index (χ3v) is 5.34. The highest BCUT2D eigenvalue weighted by atomic mass is 19.1. The van der Waals surface area contributed by atoms with Crippen molar-refractivity contribution in [1.82, 2.24) is 5.32 Å². The number of halogens is 3. The number of carbonyl (C=O) groups excluding carboxylic acids is 2. The summed E-state index contributed by atoms with van der Waals surface area (Å²) in [6.07, 6.45) is -1.61. The molecule has 0 saturated carbocycles. The van der Waals surface area contributed by atoms with Crippen LogP contribution in [-0.2, 0) is 20.9 Å². The Hall–Kier alpha value is -4.58. The van der Waals surface area contributed by atoms with E-state index in [4.69, 9.17) is 25.4 Å². The average molecular weight is 531 g/mol. The number of carbonyl (C=O) groups is 2. The highest BCUT2D eigenvalue weighted by molar-refractivity contribution is 5.95. The van der Waals surface area contributed by atoms with Crippen molar-refractivity contribution in [2.24, 2.45) is 5.73 Å². The molecule has 0 aromatic heterocycles. The number of amides is 2. The number of rotatable bonds is 11. The van der Waals surface area contributed by atoms with Gasteiger partial charge in [-0.1, -0.05) is 12.1 Å². The van der Waals surface area contributed by atoms with Gasteiger partial charge in [0.25, 0.3) is 11.8 Å². The van der Waals surface area contributed by atoms with E-state index in [-0.39, 0.29) is 23.9 Å². The first-order valence-corrected chi connectivity index (χ1v) is 11.1. The van der Waals surface area contributed by atoms with Crippen LogP contribution in [-0.4, -0.2) is 38.5 Å². The number of nitrogens with one attached hydrogen (secondary N) is 3. The molecule has 0 saturated heterocycles. The quantitative estimate of drug-likeness (QED) is 0.222. The summed E-state index contributed by atoms with van der Waals surface area (Å²) in [5, 5.41) is 12.7. The number of benzene rings is 3. The van der Waals surface area contributed by atoms with E-state index in [2.05, 4.69) is 10.6 Å². The topological polar surface area (TPSA) is 136 Å². The van der Waals surface area contributed by atoms with Gasteiger partial charge in [-0.15, -0.1) is 0 Å². The number of ether oxygens (including phenoxy) is 3. The van der Waals surface area contributed by atoms with Crippen LogP contribution in [0.5, 0.6) is 11.5 Å². The largest absolute Gasteiger partial charge is 0.497 e. The van der Waals surface area contributed by atoms with Crippen molar-refractivity contribution < 1.29 is 37.0 Å². The smallest absolute Gasteiger partial charge is 0.262 e. The number of amidine groups is 1. The first kappa shape index (κ1) is 28.0. The zero-order chi connectivity index (χ0) is 27.8. The molecule has 38 heavy (non-hydrogen) atoms. The van der Waals surface area contributed by atoms with Crippen LogP contribution in [0.15, 0.2) is 54.6 Å². The molecule has 12 heteroatoms. The number of nitrogen functional groups attached to an aromatic ring is 1. The van der Waals surface area contributed by atoms with Crippen molar-refractivity contribution in [1.29, 1.82) is 5.41 Å². The Kier molecular flexibility index (Phi) is 9.28. The molecule has 3 aromatic carbocycles. The Morgan fingerprint density at radius 2 is 1.66 bits per heavy atom. The third-order valence-electron chi connectivity index (χ3n) is 5.34. The average Bonchev–Trinajstić information content (AvgIpc) is 2.89. The molecule has 200 valence electrons. The van der Waals surface area contributed by atoms with E-state index in [1.54, 1.807) is 0 Å². The fraction of sp³-hybridized carbons (Fsp3) is 0.192. The third kappa shape index (κ3) is 7.01. The highest BCUT2D eigenvalue weighted by Crippen LogP contribution is 2.28. The van der Waals surface area contributed by atoms with Gasteiger partial charge in [0, 0.05) is 42.6 Å². The van der Waals surface area contributed by atoms with E-state index in [1.807, 2.05) is 0 Å². The molecule has 0 aliphatic carbocycles. The minimum Gasteiger partial charge on any atom is -0.497 e. The molecule has 9 nitrogen and oxygen atoms in total. The minimum atomic E-state index is -1.61. The summed E-state index contributed by atoms with van der Waals surface area (Å²) in [5.74, 6) is -4.09. The molecule has 0 radical (unpaired) electrons. The van der Waals surface area contributed by atoms with Crippen molar-refractivity contribution in [3.05, 3.63) is 88.7 Å². The predicted molar refractivity (Wildman–Crippen MR) is 132 cm³/mol. The van der Waals surface area contributed by atoms with E-state index in [0.717, 1.165) is 19.2 Å². The van der Waals surface area contributed by atoms with Gasteiger partial charge in [0.2, 0.25) is 0 Å². The van der Waals surface area contributed by atoms with E-state index in [1.165, 1.54) is 49.6 Å². The molecule has 0 bridgehead atoms. The zero-order valence-corrected chi connectivity index (χ0v) is 20.4. The normalized spacial score (nSPS) is 11.4. The second-order valence-electron chi connectivity index (χ2n) is 7.92. The Labute approximate surface area is 216 Å². The SMILES string of the molecule is COc1cc(F)c(C(OC)C(=O)NCc2ccc(C(=N)N)cc2OCC(=O)Nc2ccc(F)cc2)c(F)c1. The molecule has 2 amide bonds. The van der Waals surface area contributed by atoms with Gasteiger partial charge in [-0.05, 0) is 30.3 Å². The van der Waals surface area contributed by atoms with Gasteiger partial charge in [0.05, 0.1) is 12.7 Å². The van der Waals surface area contributed by atoms with Crippen molar-refractivity contribution in [3.63, 3.8) is 0 Å². The number of hydrogen-bond acceptors (Lipinski definition) is 6. The summed E-state index contributed by atoms with van der Waals surface area (Å²) in [6.45, 7) is -0.631. The predicted octanol–water partition coefficient (Wildman–Crippen LogP) is 3.42. The Bertz CT molecular complexity index is 1310. The van der Waals surface area contributed by atoms with E-state index in [9.17, 15) is 22.8 Å². The maximum Gasteiger partial charge on any atom is 0.262 e. The lowest BCUT2D eigenvalue weighted by molar-refractivity contribution is -0.132. The molecule has 5 N–H and O–H groups in total. The van der Waals surface area contributed by atoms with Gasteiger partial charge in [0.15, 0.2) is 12.7 Å². The summed E-state index contributed by atoms with van der Waals surface area (Å²) in [7, 11) is 2.38. The molecule has 0 aliphatic rings. The minimum absolute atomic E-state index is 0.0603. The second kappa shape index (κ2) is 12.6. The first-order valence-electron chi connectivity index (χ1n) is 11.1. The van der Waals surface area contributed by atoms with Crippen molar-refractivity contribution in [3.8, 4) is 11.5 Å². The summed E-state index contributed by atoms with van der Waals surface area (Å²) in [5.41, 5.74) is 5.99. The Morgan fingerprint density at radius 3 is 2.24 bits per heavy atom. The highest BCUT2D eigenvalue weighted by Gasteiger charge is 2.28. The standard InChI is InChI=1S/C26H25F3N4O5/c1-36-18-10-19(28)23(20(29)11-18)24(37-2)26(35)32-12-15-4-3-14(25(30)31)9-21(15)38-13-22(34)33-17-7-5-16(27)6-8-17/h3-11,24H,12-13H2,1-2H3,(H3,30,31)(H,32,35)(H,33,34). The van der Waals surface area contributed by atoms with Gasteiger partial charge in [-0.25, -0.2) is 13.2 Å². The maximum absolute atomic E-state index is 14.5. The molecule has 1 atom stereocenters. The van der Waals surface area contributed by atoms with E-state index < -0.39 is 47.5 Å². The number of hydrogen-bond donors (Lipinski definition) is 4. The van der Waals surface area contributed by atoms with Crippen molar-refractivity contribution >= 4 is 23.3 Å². The molecule has 0 spiro atoms. The van der Waals surface area contributed by atoms with Crippen LogP contribution in [0.1, 0.15) is 22.8 Å². The van der Waals surface area contributed by atoms with E-state index >= 15 is 0 Å². The van der Waals surface area contributed by atoms with Crippen LogP contribution in [0.2, 0.25) is 0 Å². The number of methoxy groups -OCH3 is 2. The zero-order valence-electron chi connectivity index (χ0n) is 20.4. The molecule has 3 rings (SSSR count). The lowest BCUT2D eigenvalue weighted by Gasteiger charge is -2.19. The molecule has 3 aromatic rings. The van der Waals surface area contributed by atoms with Crippen LogP contribution < -0.4 is 25.8 Å². The Morgan fingerprint density at radius 1 is 1.00 bits per heavy atom. The van der Waals surface area contributed by atoms with Gasteiger partial charge < -0.3 is 30.6 Å². The number of nitrogens with two attached hydrogens (primary N) is 1. The first-order chi connectivity index (χ1) is 18.1. The van der Waals surface area contributed by atoms with Gasteiger partial charge in [0.1, 0.15) is 34.8 Å². The molecular formula is C26H25F3N4O5. The molecular weight excluding hydrogens is 505 g/mol. The summed E-state index contributed by atoms with van der Waals surface area (Å²) < 4.78 is 57.6. The lowest BCUT2D eigenvalue weighted by Crippen LogP contribution is -2.31. The van der Waals surface area contributed by atoms with Crippen LogP contribution in [0, 0.1) is 22.9 Å². The van der Waals surface area contributed by atoms with Gasteiger partial charge in [-0.3, -0.25) is 15.0 Å². The second-order valence-corrected chi connectivity index (χ2v) is 7.92. The molecule has 0 aliphatic heterocycles.